The number of methoxy groups -OCH3 is 3. The van der Waals surface area contributed by atoms with Crippen LogP contribution in [0.3, 0.4) is 0 Å². The number of allylic oxidation sites excluding steroid dienone is 2. The van der Waals surface area contributed by atoms with Crippen LogP contribution in [-0.2, 0) is 14.3 Å². The lowest BCUT2D eigenvalue weighted by molar-refractivity contribution is -0.136. The van der Waals surface area contributed by atoms with E-state index in [-0.39, 0.29) is 56.7 Å². The van der Waals surface area contributed by atoms with Gasteiger partial charge in [0.05, 0.1) is 38.4 Å². The van der Waals surface area contributed by atoms with Crippen LogP contribution in [-0.4, -0.2) is 55.5 Å². The number of aromatic carboxylic acids is 1. The number of benzene rings is 2. The van der Waals surface area contributed by atoms with Crippen LogP contribution in [0.2, 0.25) is 5.02 Å². The smallest absolute Gasteiger partial charge is 0.336 e. The summed E-state index contributed by atoms with van der Waals surface area (Å²) >= 11 is 6.59. The highest BCUT2D eigenvalue weighted by molar-refractivity contribution is 6.36. The standard InChI is InChI=1S/C33H28ClNO10/c1-14-12-18-24(29(36)33(14)30(37)26-21(41-3)13-22(42-4)27(34)28(26)45-33)25(23(15(2)35-18)32(40)43-5)20-11-10-19(44-20)16-6-8-17(9-7-16)31(38)39/h6-11,13-14,25,35H,12H2,1-5H3,(H,38,39). The van der Waals surface area contributed by atoms with Crippen molar-refractivity contribution in [2.45, 2.75) is 31.8 Å². The molecule has 1 spiro atoms. The molecule has 3 unspecified atom stereocenters. The molecule has 0 radical (unpaired) electrons. The molecule has 1 aliphatic carbocycles. The van der Waals surface area contributed by atoms with Crippen LogP contribution in [0.5, 0.6) is 17.2 Å². The van der Waals surface area contributed by atoms with Gasteiger partial charge in [-0.3, -0.25) is 9.59 Å². The number of nitrogens with one attached hydrogen (secondary N) is 1. The highest BCUT2D eigenvalue weighted by atomic mass is 35.5. The topological polar surface area (TPSA) is 151 Å². The van der Waals surface area contributed by atoms with Crippen molar-refractivity contribution in [1.29, 1.82) is 0 Å². The van der Waals surface area contributed by atoms with E-state index in [4.69, 9.17) is 35.0 Å². The number of carbonyl (C=O) groups excluding carboxylic acids is 3. The number of carboxylic acid groups (broad SMARTS) is 1. The quantitative estimate of drug-likeness (QED) is 0.268. The van der Waals surface area contributed by atoms with E-state index in [1.165, 1.54) is 39.5 Å². The number of rotatable bonds is 6. The van der Waals surface area contributed by atoms with Crippen LogP contribution in [0.4, 0.5) is 0 Å². The minimum absolute atomic E-state index is 0.0206. The van der Waals surface area contributed by atoms with Crippen molar-refractivity contribution in [3.05, 3.63) is 86.9 Å². The minimum Gasteiger partial charge on any atom is -0.496 e. The van der Waals surface area contributed by atoms with E-state index in [0.29, 0.717) is 22.7 Å². The van der Waals surface area contributed by atoms with E-state index in [1.54, 1.807) is 38.1 Å². The number of hydrogen-bond donors (Lipinski definition) is 2. The van der Waals surface area contributed by atoms with Gasteiger partial charge >= 0.3 is 11.9 Å². The summed E-state index contributed by atoms with van der Waals surface area (Å²) in [5.41, 5.74) is -0.0937. The molecule has 6 rings (SSSR count). The van der Waals surface area contributed by atoms with Crippen LogP contribution in [0.25, 0.3) is 11.3 Å². The van der Waals surface area contributed by atoms with Gasteiger partial charge in [0, 0.05) is 34.5 Å². The lowest BCUT2D eigenvalue weighted by Gasteiger charge is -2.42. The molecule has 3 heterocycles. The highest BCUT2D eigenvalue weighted by Crippen LogP contribution is 2.56. The van der Waals surface area contributed by atoms with Gasteiger partial charge in [-0.25, -0.2) is 9.59 Å². The molecule has 0 saturated carbocycles. The number of ether oxygens (including phenoxy) is 4. The Hall–Kier alpha value is -5.03. The third-order valence-electron chi connectivity index (χ3n) is 8.58. The molecule has 2 N–H and O–H groups in total. The maximum atomic E-state index is 14.8. The molecule has 1 aromatic heterocycles. The van der Waals surface area contributed by atoms with Crippen molar-refractivity contribution in [3.63, 3.8) is 0 Å². The summed E-state index contributed by atoms with van der Waals surface area (Å²) in [5.74, 6) is -3.83. The molecule has 0 bridgehead atoms. The number of hydrogen-bond acceptors (Lipinski definition) is 10. The van der Waals surface area contributed by atoms with E-state index in [0.717, 1.165) is 0 Å². The van der Waals surface area contributed by atoms with Crippen molar-refractivity contribution < 1.29 is 47.6 Å². The predicted molar refractivity (Wildman–Crippen MR) is 160 cm³/mol. The molecule has 12 heteroatoms. The molecule has 0 saturated heterocycles. The van der Waals surface area contributed by atoms with E-state index in [9.17, 15) is 24.3 Å². The molecular weight excluding hydrogens is 606 g/mol. The van der Waals surface area contributed by atoms with Crippen molar-refractivity contribution >= 4 is 35.1 Å². The number of esters is 1. The Morgan fingerprint density at radius 1 is 1.02 bits per heavy atom. The highest BCUT2D eigenvalue weighted by Gasteiger charge is 2.64. The van der Waals surface area contributed by atoms with E-state index < -0.39 is 40.9 Å². The van der Waals surface area contributed by atoms with Crippen LogP contribution in [0, 0.1) is 5.92 Å². The Bertz CT molecular complexity index is 1870. The second-order valence-electron chi connectivity index (χ2n) is 11.0. The van der Waals surface area contributed by atoms with Crippen molar-refractivity contribution in [1.82, 2.24) is 5.32 Å². The van der Waals surface area contributed by atoms with E-state index >= 15 is 0 Å². The van der Waals surface area contributed by atoms with Gasteiger partial charge in [0.1, 0.15) is 33.6 Å². The maximum absolute atomic E-state index is 14.8. The number of dihydropyridines is 1. The normalized spacial score (nSPS) is 22.1. The first kappa shape index (κ1) is 30.0. The summed E-state index contributed by atoms with van der Waals surface area (Å²) in [4.78, 5) is 53.7. The SMILES string of the molecule is COC(=O)C1=C(C)NC2=C(C(=O)C3(Oc4c(Cl)c(OC)cc(OC)c4C3=O)C(C)C2)C1c1ccc(-c2ccc(C(=O)O)cc2)o1. The van der Waals surface area contributed by atoms with Gasteiger partial charge < -0.3 is 33.8 Å². The van der Waals surface area contributed by atoms with Gasteiger partial charge in [-0.15, -0.1) is 0 Å². The Balaban J connectivity index is 1.49. The Morgan fingerprint density at radius 3 is 2.33 bits per heavy atom. The number of halogens is 1. The first-order chi connectivity index (χ1) is 21.5. The van der Waals surface area contributed by atoms with Crippen molar-refractivity contribution in [2.24, 2.45) is 5.92 Å². The van der Waals surface area contributed by atoms with Gasteiger partial charge in [-0.05, 0) is 37.6 Å². The monoisotopic (exact) mass is 633 g/mol. The van der Waals surface area contributed by atoms with Crippen LogP contribution in [0.15, 0.2) is 69.4 Å². The third kappa shape index (κ3) is 4.33. The fourth-order valence-electron chi connectivity index (χ4n) is 6.38. The molecule has 2 aromatic carbocycles. The molecule has 3 aromatic rings. The second-order valence-corrected chi connectivity index (χ2v) is 11.3. The lowest BCUT2D eigenvalue weighted by atomic mass is 9.66. The number of carbonyl (C=O) groups is 4. The summed E-state index contributed by atoms with van der Waals surface area (Å²) in [6.45, 7) is 3.43. The predicted octanol–water partition coefficient (Wildman–Crippen LogP) is 5.33. The largest absolute Gasteiger partial charge is 0.496 e. The Kier molecular flexibility index (Phi) is 7.24. The molecule has 2 aliphatic heterocycles. The van der Waals surface area contributed by atoms with Crippen LogP contribution >= 0.6 is 11.6 Å². The average Bonchev–Trinajstić information content (AvgIpc) is 3.64. The third-order valence-corrected chi connectivity index (χ3v) is 8.94. The van der Waals surface area contributed by atoms with Gasteiger partial charge in [0.2, 0.25) is 17.2 Å². The van der Waals surface area contributed by atoms with E-state index in [1.807, 2.05) is 0 Å². The zero-order chi connectivity index (χ0) is 32.4. The fourth-order valence-corrected chi connectivity index (χ4v) is 6.64. The molecule has 232 valence electrons. The summed E-state index contributed by atoms with van der Waals surface area (Å²) in [5, 5.41) is 12.5. The number of fused-ring (bicyclic) bond motifs is 1. The molecule has 3 atom stereocenters. The number of carboxylic acids is 1. The Morgan fingerprint density at radius 2 is 1.71 bits per heavy atom. The molecule has 3 aliphatic rings. The van der Waals surface area contributed by atoms with Crippen LogP contribution < -0.4 is 19.5 Å². The maximum Gasteiger partial charge on any atom is 0.336 e. The Labute approximate surface area is 262 Å². The van der Waals surface area contributed by atoms with Gasteiger partial charge in [-0.2, -0.15) is 0 Å². The molecule has 11 nitrogen and oxygen atoms in total. The zero-order valence-corrected chi connectivity index (χ0v) is 25.7. The van der Waals surface area contributed by atoms with Gasteiger partial charge in [-0.1, -0.05) is 30.7 Å². The van der Waals surface area contributed by atoms with Gasteiger partial charge in [0.25, 0.3) is 0 Å². The summed E-state index contributed by atoms with van der Waals surface area (Å²) < 4.78 is 28.5. The van der Waals surface area contributed by atoms with Crippen LogP contribution in [0.1, 0.15) is 52.7 Å². The lowest BCUT2D eigenvalue weighted by Crippen LogP contribution is -2.58. The summed E-state index contributed by atoms with van der Waals surface area (Å²) in [6, 6.07) is 10.8. The zero-order valence-electron chi connectivity index (χ0n) is 24.9. The first-order valence-electron chi connectivity index (χ1n) is 13.9. The number of furan rings is 1. The molecule has 0 fully saturated rings. The fraction of sp³-hybridized carbons (Fsp3) is 0.273. The minimum atomic E-state index is -2.01. The van der Waals surface area contributed by atoms with Crippen molar-refractivity contribution in [2.75, 3.05) is 21.3 Å². The molecule has 0 amide bonds. The van der Waals surface area contributed by atoms with Gasteiger partial charge in [0.15, 0.2) is 5.75 Å². The van der Waals surface area contributed by atoms with E-state index in [2.05, 4.69) is 5.32 Å². The average molecular weight is 634 g/mol. The molecular formula is C33H28ClNO10. The molecule has 45 heavy (non-hydrogen) atoms. The summed E-state index contributed by atoms with van der Waals surface area (Å²) in [6.07, 6.45) is 0.213. The second kappa shape index (κ2) is 10.8. The first-order valence-corrected chi connectivity index (χ1v) is 14.3. The number of Topliss-reactive ketones (excluding diaryl/α,β-unsaturated/α-hetero) is 2. The van der Waals surface area contributed by atoms with Crippen molar-refractivity contribution in [3.8, 4) is 28.6 Å². The number of ketones is 2. The summed E-state index contributed by atoms with van der Waals surface area (Å²) in [7, 11) is 4.02.